The molecule has 0 aliphatic carbocycles. The number of hydrogen-bond donors (Lipinski definition) is 2. The van der Waals surface area contributed by atoms with E-state index in [1.54, 1.807) is 15.6 Å². The van der Waals surface area contributed by atoms with Crippen LogP contribution in [0.5, 0.6) is 5.75 Å². The van der Waals surface area contributed by atoms with Crippen LogP contribution < -0.4 is 20.7 Å². The summed E-state index contributed by atoms with van der Waals surface area (Å²) in [6, 6.07) is 10.3. The second kappa shape index (κ2) is 10.9. The van der Waals surface area contributed by atoms with Gasteiger partial charge in [-0.3, -0.25) is 0 Å². The van der Waals surface area contributed by atoms with Crippen LogP contribution in [0.2, 0.25) is 0 Å². The maximum absolute atomic E-state index is 15.1. The van der Waals surface area contributed by atoms with Gasteiger partial charge in [0, 0.05) is 36.7 Å². The van der Waals surface area contributed by atoms with Crippen molar-refractivity contribution in [2.45, 2.75) is 33.7 Å². The Labute approximate surface area is 229 Å². The topological polar surface area (TPSA) is 98.3 Å². The normalized spacial score (nSPS) is 12.9. The van der Waals surface area contributed by atoms with E-state index in [-0.39, 0.29) is 23.8 Å². The molecule has 3 N–H and O–H groups in total. The van der Waals surface area contributed by atoms with Crippen molar-refractivity contribution >= 4 is 17.4 Å². The number of fused-ring (bicyclic) bond motifs is 1. The Balaban J connectivity index is 1.69. The predicted octanol–water partition coefficient (Wildman–Crippen LogP) is 5.75. The highest BCUT2D eigenvalue weighted by Gasteiger charge is 2.30. The average molecular weight is 551 g/mol. The van der Waals surface area contributed by atoms with Gasteiger partial charge in [-0.05, 0) is 36.6 Å². The lowest BCUT2D eigenvalue weighted by atomic mass is 9.99. The van der Waals surface area contributed by atoms with Crippen molar-refractivity contribution < 1.29 is 22.7 Å². The van der Waals surface area contributed by atoms with Crippen molar-refractivity contribution in [3.63, 3.8) is 0 Å². The predicted molar refractivity (Wildman–Crippen MR) is 146 cm³/mol. The van der Waals surface area contributed by atoms with E-state index >= 15 is 4.39 Å². The molecule has 0 unspecified atom stereocenters. The van der Waals surface area contributed by atoms with E-state index < -0.39 is 23.6 Å². The molecule has 5 rings (SSSR count). The molecule has 0 saturated heterocycles. The first-order valence-corrected chi connectivity index (χ1v) is 12.9. The zero-order valence-electron chi connectivity index (χ0n) is 22.3. The molecular weight excluding hydrogens is 521 g/mol. The molecule has 2 aromatic carbocycles. The van der Waals surface area contributed by atoms with Gasteiger partial charge in [0.05, 0.1) is 35.6 Å². The zero-order valence-corrected chi connectivity index (χ0v) is 22.3. The number of para-hydroxylation sites is 1. The van der Waals surface area contributed by atoms with Gasteiger partial charge in [-0.2, -0.15) is 9.49 Å². The number of anilines is 2. The van der Waals surface area contributed by atoms with E-state index in [0.717, 1.165) is 29.1 Å². The summed E-state index contributed by atoms with van der Waals surface area (Å²) in [4.78, 5) is 16.5. The molecule has 2 amide bonds. The minimum absolute atomic E-state index is 0.0355. The van der Waals surface area contributed by atoms with Crippen LogP contribution in [0.4, 0.5) is 29.3 Å². The van der Waals surface area contributed by atoms with E-state index in [2.05, 4.69) is 10.3 Å². The summed E-state index contributed by atoms with van der Waals surface area (Å²) in [5.41, 5.74) is 9.23. The number of aromatic nitrogens is 3. The van der Waals surface area contributed by atoms with Gasteiger partial charge in [0.1, 0.15) is 23.1 Å². The molecule has 2 aromatic heterocycles. The first-order chi connectivity index (χ1) is 19.1. The summed E-state index contributed by atoms with van der Waals surface area (Å²) < 4.78 is 51.7. The van der Waals surface area contributed by atoms with Gasteiger partial charge in [-0.25, -0.2) is 23.2 Å². The fraction of sp³-hybridized carbons (Fsp3) is 0.276. The van der Waals surface area contributed by atoms with E-state index in [9.17, 15) is 13.6 Å². The molecule has 40 heavy (non-hydrogen) atoms. The molecule has 1 aliphatic rings. The number of nitrogens with zero attached hydrogens (tertiary/aromatic N) is 4. The summed E-state index contributed by atoms with van der Waals surface area (Å²) in [5, 5.41) is 7.20. The van der Waals surface area contributed by atoms with Crippen LogP contribution in [-0.4, -0.2) is 33.9 Å². The lowest BCUT2D eigenvalue weighted by molar-refractivity contribution is 0.259. The molecule has 11 heteroatoms. The molecule has 0 atom stereocenters. The number of carbonyl (C=O) groups excluding carboxylic acids is 1. The third kappa shape index (κ3) is 5.31. The Morgan fingerprint density at radius 3 is 2.70 bits per heavy atom. The molecule has 4 aromatic rings. The average Bonchev–Trinajstić information content (AvgIpc) is 3.28. The van der Waals surface area contributed by atoms with Crippen LogP contribution in [0.25, 0.3) is 16.9 Å². The van der Waals surface area contributed by atoms with Gasteiger partial charge in [0.2, 0.25) is 5.95 Å². The number of nitrogens with one attached hydrogen (secondary N) is 1. The highest BCUT2D eigenvalue weighted by Crippen LogP contribution is 2.39. The van der Waals surface area contributed by atoms with E-state index in [1.807, 2.05) is 39.0 Å². The number of aryl methyl sites for hydroxylation is 1. The van der Waals surface area contributed by atoms with Gasteiger partial charge in [0.25, 0.3) is 0 Å². The number of hydrogen-bond acceptors (Lipinski definition) is 5. The van der Waals surface area contributed by atoms with Gasteiger partial charge >= 0.3 is 6.03 Å². The minimum Gasteiger partial charge on any atom is -0.491 e. The number of ether oxygens (including phenoxy) is 1. The van der Waals surface area contributed by atoms with E-state index in [4.69, 9.17) is 15.6 Å². The lowest BCUT2D eigenvalue weighted by Crippen LogP contribution is -2.31. The van der Waals surface area contributed by atoms with Crippen molar-refractivity contribution in [2.24, 2.45) is 11.7 Å². The number of rotatable bonds is 7. The first-order valence-electron chi connectivity index (χ1n) is 12.9. The number of carbonyl (C=O) groups is 1. The van der Waals surface area contributed by atoms with Gasteiger partial charge in [0.15, 0.2) is 0 Å². The molecule has 0 spiro atoms. The molecule has 0 fully saturated rings. The Kier molecular flexibility index (Phi) is 7.38. The molecule has 0 radical (unpaired) electrons. The van der Waals surface area contributed by atoms with Crippen molar-refractivity contribution in [1.82, 2.24) is 14.8 Å². The van der Waals surface area contributed by atoms with Crippen molar-refractivity contribution in [1.29, 1.82) is 0 Å². The highest BCUT2D eigenvalue weighted by molar-refractivity contribution is 5.88. The summed E-state index contributed by atoms with van der Waals surface area (Å²) >= 11 is 0. The quantitative estimate of drug-likeness (QED) is 0.286. The van der Waals surface area contributed by atoms with Crippen LogP contribution in [0.1, 0.15) is 30.7 Å². The lowest BCUT2D eigenvalue weighted by Gasteiger charge is -2.29. The summed E-state index contributed by atoms with van der Waals surface area (Å²) in [6.45, 7) is 7.08. The molecule has 3 heterocycles. The summed E-state index contributed by atoms with van der Waals surface area (Å²) in [6.07, 6.45) is 1.27. The minimum atomic E-state index is -0.887. The molecular formula is C29H29F3N6O2. The molecule has 1 aliphatic heterocycles. The Morgan fingerprint density at radius 1 is 1.18 bits per heavy atom. The Morgan fingerprint density at radius 2 is 1.98 bits per heavy atom. The zero-order chi connectivity index (χ0) is 28.6. The SMILES string of the molecule is Cc1cccc(OCC(C)C)c1-n1nc2c(c1-c1ccc(NC(N)=O)c(F)c1)CN(c1cc(F)cnc1F)CC2. The molecule has 8 nitrogen and oxygen atoms in total. The number of nitrogens with two attached hydrogens (primary N) is 1. The maximum atomic E-state index is 15.1. The molecule has 0 saturated carbocycles. The van der Waals surface area contributed by atoms with Crippen molar-refractivity contribution in [2.75, 3.05) is 23.4 Å². The van der Waals surface area contributed by atoms with Gasteiger partial charge in [-0.1, -0.05) is 32.0 Å². The standard InChI is InChI=1S/C29H29F3N6O2/c1-16(2)15-40-25-6-4-5-17(3)26(25)38-27(18-7-8-23(21(31)11-18)35-29(33)39)20-14-37(10-9-22(20)36-38)24-12-19(30)13-34-28(24)32/h4-8,11-13,16H,9-10,14-15H2,1-3H3,(H3,33,35,39). The Bertz CT molecular complexity index is 1590. The van der Waals surface area contributed by atoms with E-state index in [1.165, 1.54) is 12.1 Å². The fourth-order valence-corrected chi connectivity index (χ4v) is 4.84. The number of benzene rings is 2. The first kappa shape index (κ1) is 27.0. The molecule has 0 bridgehead atoms. The smallest absolute Gasteiger partial charge is 0.316 e. The van der Waals surface area contributed by atoms with Crippen LogP contribution in [-0.2, 0) is 13.0 Å². The third-order valence-electron chi connectivity index (χ3n) is 6.65. The Hall–Kier alpha value is -4.54. The van der Waals surface area contributed by atoms with Crippen LogP contribution in [0.3, 0.4) is 0 Å². The number of pyridine rings is 1. The maximum Gasteiger partial charge on any atom is 0.316 e. The van der Waals surface area contributed by atoms with E-state index in [0.29, 0.717) is 42.3 Å². The monoisotopic (exact) mass is 550 g/mol. The van der Waals surface area contributed by atoms with Crippen LogP contribution in [0.15, 0.2) is 48.7 Å². The molecule has 208 valence electrons. The third-order valence-corrected chi connectivity index (χ3v) is 6.65. The van der Waals surface area contributed by atoms with Crippen LogP contribution in [0, 0.1) is 30.4 Å². The second-order valence-corrected chi connectivity index (χ2v) is 10.1. The largest absolute Gasteiger partial charge is 0.491 e. The van der Waals surface area contributed by atoms with Gasteiger partial charge in [-0.15, -0.1) is 0 Å². The highest BCUT2D eigenvalue weighted by atomic mass is 19.1. The van der Waals surface area contributed by atoms with Crippen molar-refractivity contribution in [3.8, 4) is 22.7 Å². The fourth-order valence-electron chi connectivity index (χ4n) is 4.84. The summed E-state index contributed by atoms with van der Waals surface area (Å²) in [5.74, 6) is -1.23. The number of primary amides is 1. The number of halogens is 3. The summed E-state index contributed by atoms with van der Waals surface area (Å²) in [7, 11) is 0. The second-order valence-electron chi connectivity index (χ2n) is 10.1. The van der Waals surface area contributed by atoms with Crippen LogP contribution >= 0.6 is 0 Å². The number of urea groups is 1. The number of amides is 2. The van der Waals surface area contributed by atoms with Gasteiger partial charge < -0.3 is 20.7 Å². The van der Waals surface area contributed by atoms with Crippen molar-refractivity contribution in [3.05, 3.63) is 83.1 Å².